The van der Waals surface area contributed by atoms with Gasteiger partial charge in [0.2, 0.25) is 21.8 Å². The number of rotatable bonds is 8. The molecular weight excluding hydrogens is 409 g/mol. The van der Waals surface area contributed by atoms with Crippen LogP contribution in [0.3, 0.4) is 0 Å². The fraction of sp³-hybridized carbons (Fsp3) is 0.333. The average Bonchev–Trinajstić information content (AvgIpc) is 3.47. The van der Waals surface area contributed by atoms with Crippen molar-refractivity contribution in [3.63, 3.8) is 0 Å². The molecule has 0 spiro atoms. The maximum atomic E-state index is 13.1. The number of sulfonamides is 1. The van der Waals surface area contributed by atoms with E-state index < -0.39 is 22.0 Å². The molecule has 7 nitrogen and oxygen atoms in total. The summed E-state index contributed by atoms with van der Waals surface area (Å²) in [4.78, 5) is 23.5. The molecule has 1 aliphatic rings. The number of anilines is 1. The lowest BCUT2D eigenvalue weighted by atomic mass is 9.96. The Morgan fingerprint density at radius 2 is 1.67 bits per heavy atom. The van der Waals surface area contributed by atoms with Crippen molar-refractivity contribution in [2.45, 2.75) is 43.0 Å². The van der Waals surface area contributed by atoms with Crippen molar-refractivity contribution in [2.75, 3.05) is 11.9 Å². The second-order valence-corrected chi connectivity index (χ2v) is 9.27. The van der Waals surface area contributed by atoms with E-state index in [-0.39, 0.29) is 22.0 Å². The Hall–Kier alpha value is -2.78. The minimum Gasteiger partial charge on any atom is -0.354 e. The van der Waals surface area contributed by atoms with Crippen LogP contribution >= 0.6 is 0 Å². The molecule has 1 atom stereocenters. The molecule has 0 aliphatic heterocycles. The lowest BCUT2D eigenvalue weighted by Crippen LogP contribution is -2.46. The molecule has 0 heterocycles. The third kappa shape index (κ3) is 5.22. The summed E-state index contributed by atoms with van der Waals surface area (Å²) >= 11 is 0. The first-order chi connectivity index (χ1) is 14.1. The SMILES string of the molecule is CC(=O)Nc1ccc(S(=O)(=O)N[C@@H](C)C(=O)NCC2(c3ccc(F)cc3)CC2)cc1. The van der Waals surface area contributed by atoms with E-state index in [1.165, 1.54) is 50.2 Å². The average molecular weight is 434 g/mol. The largest absolute Gasteiger partial charge is 0.354 e. The summed E-state index contributed by atoms with van der Waals surface area (Å²) < 4.78 is 40.6. The fourth-order valence-corrected chi connectivity index (χ4v) is 4.41. The van der Waals surface area contributed by atoms with E-state index in [9.17, 15) is 22.4 Å². The topological polar surface area (TPSA) is 104 Å². The molecule has 1 aliphatic carbocycles. The van der Waals surface area contributed by atoms with Gasteiger partial charge in [0.15, 0.2) is 0 Å². The predicted molar refractivity (Wildman–Crippen MR) is 111 cm³/mol. The number of carbonyl (C=O) groups excluding carboxylic acids is 2. The Labute approximate surface area is 175 Å². The smallest absolute Gasteiger partial charge is 0.241 e. The zero-order valence-electron chi connectivity index (χ0n) is 16.7. The highest BCUT2D eigenvalue weighted by Gasteiger charge is 2.44. The highest BCUT2D eigenvalue weighted by molar-refractivity contribution is 7.89. The molecule has 160 valence electrons. The Balaban J connectivity index is 1.58. The van der Waals surface area contributed by atoms with Gasteiger partial charge in [-0.15, -0.1) is 0 Å². The zero-order valence-corrected chi connectivity index (χ0v) is 17.6. The van der Waals surface area contributed by atoms with Gasteiger partial charge in [-0.25, -0.2) is 12.8 Å². The van der Waals surface area contributed by atoms with Gasteiger partial charge in [-0.05, 0) is 61.7 Å². The summed E-state index contributed by atoms with van der Waals surface area (Å²) in [5.74, 6) is -1.02. The zero-order chi connectivity index (χ0) is 21.9. The van der Waals surface area contributed by atoms with Gasteiger partial charge < -0.3 is 10.6 Å². The molecule has 2 aromatic rings. The van der Waals surface area contributed by atoms with Gasteiger partial charge >= 0.3 is 0 Å². The number of amides is 2. The monoisotopic (exact) mass is 433 g/mol. The van der Waals surface area contributed by atoms with Crippen molar-refractivity contribution < 1.29 is 22.4 Å². The summed E-state index contributed by atoms with van der Waals surface area (Å²) in [5.41, 5.74) is 1.21. The minimum atomic E-state index is -3.91. The van der Waals surface area contributed by atoms with Crippen LogP contribution < -0.4 is 15.4 Å². The molecule has 0 bridgehead atoms. The third-order valence-corrected chi connectivity index (χ3v) is 6.68. The highest BCUT2D eigenvalue weighted by atomic mass is 32.2. The maximum absolute atomic E-state index is 13.1. The van der Waals surface area contributed by atoms with Crippen LogP contribution in [0.1, 0.15) is 32.3 Å². The second kappa shape index (κ2) is 8.53. The number of halogens is 1. The summed E-state index contributed by atoms with van der Waals surface area (Å²) in [6, 6.07) is 10.9. The van der Waals surface area contributed by atoms with E-state index in [0.717, 1.165) is 18.4 Å². The van der Waals surface area contributed by atoms with Crippen LogP contribution in [0.25, 0.3) is 0 Å². The summed E-state index contributed by atoms with van der Waals surface area (Å²) in [7, 11) is -3.91. The van der Waals surface area contributed by atoms with Crippen molar-refractivity contribution in [3.05, 3.63) is 59.9 Å². The molecule has 30 heavy (non-hydrogen) atoms. The van der Waals surface area contributed by atoms with Crippen LogP contribution in [0.2, 0.25) is 0 Å². The molecule has 1 fully saturated rings. The molecule has 0 aromatic heterocycles. The Bertz CT molecular complexity index is 1030. The molecule has 9 heteroatoms. The first-order valence-corrected chi connectivity index (χ1v) is 11.0. The van der Waals surface area contributed by atoms with Crippen LogP contribution in [0.4, 0.5) is 10.1 Å². The van der Waals surface area contributed by atoms with E-state index in [1.807, 2.05) is 0 Å². The molecule has 0 unspecified atom stereocenters. The lowest BCUT2D eigenvalue weighted by molar-refractivity contribution is -0.122. The third-order valence-electron chi connectivity index (χ3n) is 5.12. The molecule has 2 aromatic carbocycles. The molecule has 0 radical (unpaired) electrons. The van der Waals surface area contributed by atoms with E-state index in [2.05, 4.69) is 15.4 Å². The highest BCUT2D eigenvalue weighted by Crippen LogP contribution is 2.47. The van der Waals surface area contributed by atoms with Crippen molar-refractivity contribution in [1.29, 1.82) is 0 Å². The van der Waals surface area contributed by atoms with Crippen molar-refractivity contribution >= 4 is 27.5 Å². The van der Waals surface area contributed by atoms with Crippen LogP contribution in [0, 0.1) is 5.82 Å². The lowest BCUT2D eigenvalue weighted by Gasteiger charge is -2.19. The number of carbonyl (C=O) groups is 2. The normalized spacial score (nSPS) is 15.8. The van der Waals surface area contributed by atoms with Gasteiger partial charge in [-0.3, -0.25) is 9.59 Å². The van der Waals surface area contributed by atoms with Gasteiger partial charge in [0.25, 0.3) is 0 Å². The molecule has 1 saturated carbocycles. The van der Waals surface area contributed by atoms with E-state index in [4.69, 9.17) is 0 Å². The predicted octanol–water partition coefficient (Wildman–Crippen LogP) is 2.30. The van der Waals surface area contributed by atoms with Gasteiger partial charge in [0.05, 0.1) is 10.9 Å². The van der Waals surface area contributed by atoms with Crippen LogP contribution in [-0.2, 0) is 25.0 Å². The fourth-order valence-electron chi connectivity index (χ4n) is 3.21. The van der Waals surface area contributed by atoms with Crippen LogP contribution in [0.15, 0.2) is 53.4 Å². The summed E-state index contributed by atoms with van der Waals surface area (Å²) in [6.07, 6.45) is 1.75. The quantitative estimate of drug-likeness (QED) is 0.594. The molecule has 0 saturated heterocycles. The first kappa shape index (κ1) is 21.9. The molecule has 3 N–H and O–H groups in total. The number of hydrogen-bond donors (Lipinski definition) is 3. The van der Waals surface area contributed by atoms with E-state index in [0.29, 0.717) is 12.2 Å². The second-order valence-electron chi connectivity index (χ2n) is 7.55. The summed E-state index contributed by atoms with van der Waals surface area (Å²) in [6.45, 7) is 3.18. The van der Waals surface area contributed by atoms with Crippen LogP contribution in [0.5, 0.6) is 0 Å². The Kier molecular flexibility index (Phi) is 6.23. The van der Waals surface area contributed by atoms with Crippen molar-refractivity contribution in [2.24, 2.45) is 0 Å². The number of benzene rings is 2. The Morgan fingerprint density at radius 3 is 2.20 bits per heavy atom. The molecule has 3 rings (SSSR count). The minimum absolute atomic E-state index is 0.0128. The van der Waals surface area contributed by atoms with Gasteiger partial charge in [-0.2, -0.15) is 4.72 Å². The van der Waals surface area contributed by atoms with Gasteiger partial charge in [-0.1, -0.05) is 12.1 Å². The number of nitrogens with one attached hydrogen (secondary N) is 3. The first-order valence-electron chi connectivity index (χ1n) is 9.55. The maximum Gasteiger partial charge on any atom is 0.241 e. The van der Waals surface area contributed by atoms with Crippen molar-refractivity contribution in [3.8, 4) is 0 Å². The molecular formula is C21H24FN3O4S. The van der Waals surface area contributed by atoms with Gasteiger partial charge in [0.1, 0.15) is 5.82 Å². The standard InChI is InChI=1S/C21H24FN3O4S/c1-14(25-30(28,29)19-9-7-18(8-10-19)24-15(2)26)20(27)23-13-21(11-12-21)16-3-5-17(22)6-4-16/h3-10,14,25H,11-13H2,1-2H3,(H,23,27)(H,24,26)/t14-/m0/s1. The Morgan fingerprint density at radius 1 is 1.07 bits per heavy atom. The number of hydrogen-bond acceptors (Lipinski definition) is 4. The molecule has 2 amide bonds. The van der Waals surface area contributed by atoms with Crippen LogP contribution in [-0.4, -0.2) is 32.8 Å². The van der Waals surface area contributed by atoms with Gasteiger partial charge in [0, 0.05) is 24.6 Å². The van der Waals surface area contributed by atoms with E-state index in [1.54, 1.807) is 12.1 Å². The summed E-state index contributed by atoms with van der Waals surface area (Å²) in [5, 5.41) is 5.35. The van der Waals surface area contributed by atoms with Crippen molar-refractivity contribution in [1.82, 2.24) is 10.0 Å². The van der Waals surface area contributed by atoms with E-state index >= 15 is 0 Å².